The fourth-order valence-electron chi connectivity index (χ4n) is 2.72. The predicted octanol–water partition coefficient (Wildman–Crippen LogP) is -0.0766. The molecule has 0 aromatic heterocycles. The lowest BCUT2D eigenvalue weighted by Gasteiger charge is -2.36. The van der Waals surface area contributed by atoms with Gasteiger partial charge in [-0.25, -0.2) is 0 Å². The first-order valence-electron chi connectivity index (χ1n) is 7.46. The predicted molar refractivity (Wildman–Crippen MR) is 82.8 cm³/mol. The molecule has 0 bridgehead atoms. The summed E-state index contributed by atoms with van der Waals surface area (Å²) in [7, 11) is 0. The summed E-state index contributed by atoms with van der Waals surface area (Å²) >= 11 is 0. The van der Waals surface area contributed by atoms with Gasteiger partial charge in [0.15, 0.2) is 5.60 Å². The third kappa shape index (κ3) is 4.05. The first-order chi connectivity index (χ1) is 10.4. The van der Waals surface area contributed by atoms with Crippen LogP contribution in [0.5, 0.6) is 0 Å². The Morgan fingerprint density at radius 3 is 2.82 bits per heavy atom. The molecule has 0 unspecified atom stereocenters. The number of rotatable bonds is 5. The molecule has 1 atom stereocenters. The van der Waals surface area contributed by atoms with Crippen molar-refractivity contribution in [2.45, 2.75) is 31.9 Å². The van der Waals surface area contributed by atoms with Gasteiger partial charge in [-0.3, -0.25) is 14.5 Å². The number of β-amino-alcohol motifs (C(OH)–C–C–N with tert-alkyl or cyclic N) is 1. The van der Waals surface area contributed by atoms with E-state index in [9.17, 15) is 14.7 Å². The van der Waals surface area contributed by atoms with Crippen LogP contribution in [0.3, 0.4) is 0 Å². The van der Waals surface area contributed by atoms with Gasteiger partial charge in [-0.2, -0.15) is 0 Å². The molecule has 1 aliphatic rings. The fraction of sp³-hybridized carbons (Fsp3) is 0.500. The van der Waals surface area contributed by atoms with Crippen molar-refractivity contribution in [1.29, 1.82) is 0 Å². The van der Waals surface area contributed by atoms with Gasteiger partial charge in [0.05, 0.1) is 6.54 Å². The molecule has 2 amide bonds. The van der Waals surface area contributed by atoms with Crippen molar-refractivity contribution in [3.63, 3.8) is 0 Å². The molecule has 4 N–H and O–H groups in total. The zero-order chi connectivity index (χ0) is 16.2. The highest BCUT2D eigenvalue weighted by Crippen LogP contribution is 2.20. The number of amides is 2. The highest BCUT2D eigenvalue weighted by Gasteiger charge is 2.38. The number of piperidine rings is 1. The van der Waals surface area contributed by atoms with Crippen LogP contribution in [0.2, 0.25) is 0 Å². The van der Waals surface area contributed by atoms with Gasteiger partial charge < -0.3 is 16.2 Å². The topological polar surface area (TPSA) is 95.7 Å². The molecule has 0 spiro atoms. The standard InChI is InChI=1S/C16H23N3O3/c1-12-5-2-3-6-13(12)9-18-14(20)10-19-8-4-7-16(22,11-19)15(17)21/h2-3,5-6,22H,4,7-11H2,1H3,(H2,17,21)(H,18,20)/t16-/m0/s1. The summed E-state index contributed by atoms with van der Waals surface area (Å²) in [6.07, 6.45) is 0.994. The Hall–Kier alpha value is -1.92. The van der Waals surface area contributed by atoms with Crippen LogP contribution in [0.1, 0.15) is 24.0 Å². The lowest BCUT2D eigenvalue weighted by molar-refractivity contribution is -0.143. The molecule has 0 saturated carbocycles. The number of aryl methyl sites for hydroxylation is 1. The van der Waals surface area contributed by atoms with Gasteiger partial charge in [0.1, 0.15) is 0 Å². The van der Waals surface area contributed by atoms with Crippen LogP contribution in [-0.4, -0.2) is 47.1 Å². The minimum absolute atomic E-state index is 0.111. The van der Waals surface area contributed by atoms with Crippen molar-refractivity contribution < 1.29 is 14.7 Å². The molecule has 1 fully saturated rings. The molecule has 1 saturated heterocycles. The summed E-state index contributed by atoms with van der Waals surface area (Å²) in [5.41, 5.74) is 5.91. The molecular weight excluding hydrogens is 282 g/mol. The summed E-state index contributed by atoms with van der Waals surface area (Å²) in [4.78, 5) is 25.1. The molecule has 6 heteroatoms. The van der Waals surface area contributed by atoms with Gasteiger partial charge in [-0.05, 0) is 37.4 Å². The second kappa shape index (κ2) is 6.89. The average molecular weight is 305 g/mol. The monoisotopic (exact) mass is 305 g/mol. The molecule has 1 heterocycles. The minimum Gasteiger partial charge on any atom is -0.379 e. The second-order valence-corrected chi connectivity index (χ2v) is 5.91. The van der Waals surface area contributed by atoms with Gasteiger partial charge in [0.25, 0.3) is 5.91 Å². The zero-order valence-electron chi connectivity index (χ0n) is 12.8. The molecule has 0 aliphatic carbocycles. The van der Waals surface area contributed by atoms with E-state index in [-0.39, 0.29) is 19.0 Å². The number of likely N-dealkylation sites (tertiary alicyclic amines) is 1. The number of hydrogen-bond donors (Lipinski definition) is 3. The number of primary amides is 1. The first-order valence-corrected chi connectivity index (χ1v) is 7.46. The van der Waals surface area contributed by atoms with Gasteiger partial charge in [-0.15, -0.1) is 0 Å². The highest BCUT2D eigenvalue weighted by atomic mass is 16.3. The third-order valence-corrected chi connectivity index (χ3v) is 4.11. The van der Waals surface area contributed by atoms with Crippen molar-refractivity contribution in [3.8, 4) is 0 Å². The number of nitrogens with two attached hydrogens (primary N) is 1. The van der Waals surface area contributed by atoms with Crippen molar-refractivity contribution in [3.05, 3.63) is 35.4 Å². The van der Waals surface area contributed by atoms with Crippen LogP contribution in [0.4, 0.5) is 0 Å². The highest BCUT2D eigenvalue weighted by molar-refractivity contribution is 5.84. The van der Waals surface area contributed by atoms with Gasteiger partial charge in [0.2, 0.25) is 5.91 Å². The molecule has 0 radical (unpaired) electrons. The van der Waals surface area contributed by atoms with E-state index in [0.717, 1.165) is 11.1 Å². The molecular formula is C16H23N3O3. The summed E-state index contributed by atoms with van der Waals surface area (Å²) < 4.78 is 0. The molecule has 1 aromatic rings. The first kappa shape index (κ1) is 16.5. The Labute approximate surface area is 130 Å². The van der Waals surface area contributed by atoms with E-state index >= 15 is 0 Å². The SMILES string of the molecule is Cc1ccccc1CNC(=O)CN1CCC[C@@](O)(C(N)=O)C1. The van der Waals surface area contributed by atoms with Crippen LogP contribution in [0.25, 0.3) is 0 Å². The van der Waals surface area contributed by atoms with Crippen LogP contribution in [-0.2, 0) is 16.1 Å². The Morgan fingerprint density at radius 2 is 2.14 bits per heavy atom. The van der Waals surface area contributed by atoms with E-state index in [4.69, 9.17) is 5.73 Å². The Kier molecular flexibility index (Phi) is 5.15. The quantitative estimate of drug-likeness (QED) is 0.709. The average Bonchev–Trinajstić information content (AvgIpc) is 2.46. The lowest BCUT2D eigenvalue weighted by Crippen LogP contribution is -2.57. The van der Waals surface area contributed by atoms with Crippen molar-refractivity contribution in [2.75, 3.05) is 19.6 Å². The normalized spacial score (nSPS) is 22.3. The van der Waals surface area contributed by atoms with E-state index in [1.54, 1.807) is 4.90 Å². The summed E-state index contributed by atoms with van der Waals surface area (Å²) in [5, 5.41) is 13.0. The smallest absolute Gasteiger partial charge is 0.250 e. The number of aliphatic hydroxyl groups is 1. The second-order valence-electron chi connectivity index (χ2n) is 5.91. The molecule has 120 valence electrons. The number of hydrogen-bond acceptors (Lipinski definition) is 4. The maximum Gasteiger partial charge on any atom is 0.250 e. The van der Waals surface area contributed by atoms with E-state index < -0.39 is 11.5 Å². The van der Waals surface area contributed by atoms with Crippen LogP contribution >= 0.6 is 0 Å². The van der Waals surface area contributed by atoms with Crippen LogP contribution < -0.4 is 11.1 Å². The Morgan fingerprint density at radius 1 is 1.41 bits per heavy atom. The number of benzene rings is 1. The Balaban J connectivity index is 1.84. The fourth-order valence-corrected chi connectivity index (χ4v) is 2.72. The van der Waals surface area contributed by atoms with E-state index in [0.29, 0.717) is 25.9 Å². The Bertz CT molecular complexity index is 561. The zero-order valence-corrected chi connectivity index (χ0v) is 12.8. The maximum atomic E-state index is 12.0. The molecule has 6 nitrogen and oxygen atoms in total. The van der Waals surface area contributed by atoms with Crippen molar-refractivity contribution >= 4 is 11.8 Å². The van der Waals surface area contributed by atoms with Crippen LogP contribution in [0.15, 0.2) is 24.3 Å². The summed E-state index contributed by atoms with van der Waals surface area (Å²) in [6.45, 7) is 3.41. The molecule has 22 heavy (non-hydrogen) atoms. The number of nitrogens with one attached hydrogen (secondary N) is 1. The molecule has 2 rings (SSSR count). The minimum atomic E-state index is -1.52. The van der Waals surface area contributed by atoms with Gasteiger partial charge >= 0.3 is 0 Å². The maximum absolute atomic E-state index is 12.0. The summed E-state index contributed by atoms with van der Waals surface area (Å²) in [5.74, 6) is -0.852. The molecule has 1 aliphatic heterocycles. The third-order valence-electron chi connectivity index (χ3n) is 4.11. The van der Waals surface area contributed by atoms with Crippen molar-refractivity contribution in [2.24, 2.45) is 5.73 Å². The lowest BCUT2D eigenvalue weighted by atomic mass is 9.92. The van der Waals surface area contributed by atoms with E-state index in [2.05, 4.69) is 5.32 Å². The van der Waals surface area contributed by atoms with E-state index in [1.165, 1.54) is 0 Å². The molecule has 1 aromatic carbocycles. The number of carbonyl (C=O) groups is 2. The largest absolute Gasteiger partial charge is 0.379 e. The van der Waals surface area contributed by atoms with E-state index in [1.807, 2.05) is 31.2 Å². The van der Waals surface area contributed by atoms with Crippen LogP contribution in [0, 0.1) is 6.92 Å². The van der Waals surface area contributed by atoms with Crippen molar-refractivity contribution in [1.82, 2.24) is 10.2 Å². The van der Waals surface area contributed by atoms with Gasteiger partial charge in [0, 0.05) is 13.1 Å². The number of carbonyl (C=O) groups excluding carboxylic acids is 2. The summed E-state index contributed by atoms with van der Waals surface area (Å²) in [6, 6.07) is 7.87. The number of nitrogens with zero attached hydrogens (tertiary/aromatic N) is 1. The van der Waals surface area contributed by atoms with Gasteiger partial charge in [-0.1, -0.05) is 24.3 Å².